The van der Waals surface area contributed by atoms with E-state index in [4.69, 9.17) is 4.74 Å². The Hall–Kier alpha value is -3.68. The number of amides is 4. The molecular weight excluding hydrogens is 374 g/mol. The van der Waals surface area contributed by atoms with Crippen LogP contribution >= 0.6 is 0 Å². The first-order valence-electron chi connectivity index (χ1n) is 9.01. The molecule has 0 aliphatic carbocycles. The Balaban J connectivity index is 1.57. The highest BCUT2D eigenvalue weighted by atomic mass is 16.5. The van der Waals surface area contributed by atoms with E-state index in [0.717, 1.165) is 10.5 Å². The zero-order chi connectivity index (χ0) is 21.0. The zero-order valence-corrected chi connectivity index (χ0v) is 16.1. The van der Waals surface area contributed by atoms with Gasteiger partial charge in [0.25, 0.3) is 11.8 Å². The van der Waals surface area contributed by atoms with E-state index < -0.39 is 42.5 Å². The molecule has 2 N–H and O–H groups in total. The summed E-state index contributed by atoms with van der Waals surface area (Å²) in [6.07, 6.45) is 0. The zero-order valence-electron chi connectivity index (χ0n) is 16.1. The number of imide groups is 1. The summed E-state index contributed by atoms with van der Waals surface area (Å²) in [6, 6.07) is 15.2. The molecule has 1 atom stereocenters. The van der Waals surface area contributed by atoms with E-state index in [2.05, 4.69) is 10.6 Å². The molecule has 8 nitrogen and oxygen atoms in total. The van der Waals surface area contributed by atoms with Crippen LogP contribution in [0.15, 0.2) is 54.6 Å². The third-order valence-electron chi connectivity index (χ3n) is 4.61. The lowest BCUT2D eigenvalue weighted by molar-refractivity contribution is -0.150. The predicted molar refractivity (Wildman–Crippen MR) is 105 cm³/mol. The van der Waals surface area contributed by atoms with Crippen molar-refractivity contribution in [1.82, 2.24) is 10.2 Å². The molecule has 1 aliphatic heterocycles. The first-order chi connectivity index (χ1) is 13.8. The second-order valence-electron chi connectivity index (χ2n) is 6.89. The molecule has 1 fully saturated rings. The van der Waals surface area contributed by atoms with Crippen molar-refractivity contribution in [2.75, 3.05) is 18.5 Å². The minimum atomic E-state index is -1.27. The number of benzene rings is 2. The number of anilines is 1. The van der Waals surface area contributed by atoms with E-state index in [1.165, 1.54) is 0 Å². The van der Waals surface area contributed by atoms with Gasteiger partial charge in [0.15, 0.2) is 6.61 Å². The number of para-hydroxylation sites is 1. The fourth-order valence-corrected chi connectivity index (χ4v) is 2.96. The van der Waals surface area contributed by atoms with Crippen molar-refractivity contribution in [1.29, 1.82) is 0 Å². The maximum atomic E-state index is 12.8. The van der Waals surface area contributed by atoms with Gasteiger partial charge in [-0.05, 0) is 31.5 Å². The van der Waals surface area contributed by atoms with Gasteiger partial charge in [-0.1, -0.05) is 48.0 Å². The van der Waals surface area contributed by atoms with Crippen LogP contribution in [0, 0.1) is 6.92 Å². The van der Waals surface area contributed by atoms with Crippen LogP contribution in [-0.4, -0.2) is 41.9 Å². The summed E-state index contributed by atoms with van der Waals surface area (Å²) in [7, 11) is 0. The van der Waals surface area contributed by atoms with Crippen molar-refractivity contribution in [3.63, 3.8) is 0 Å². The Bertz CT molecular complexity index is 943. The number of aryl methyl sites for hydroxylation is 1. The van der Waals surface area contributed by atoms with Crippen LogP contribution in [0.4, 0.5) is 10.5 Å². The molecule has 8 heteroatoms. The van der Waals surface area contributed by atoms with Crippen molar-refractivity contribution < 1.29 is 23.9 Å². The number of nitrogens with zero attached hydrogens (tertiary/aromatic N) is 1. The molecule has 0 bridgehead atoms. The summed E-state index contributed by atoms with van der Waals surface area (Å²) in [5, 5.41) is 5.19. The van der Waals surface area contributed by atoms with Gasteiger partial charge in [-0.15, -0.1) is 0 Å². The highest BCUT2D eigenvalue weighted by Crippen LogP contribution is 2.28. The molecule has 2 aromatic rings. The molecule has 1 heterocycles. The Morgan fingerprint density at radius 1 is 1.07 bits per heavy atom. The third-order valence-corrected chi connectivity index (χ3v) is 4.61. The Kier molecular flexibility index (Phi) is 5.63. The maximum Gasteiger partial charge on any atom is 0.326 e. The number of hydrogen-bond donors (Lipinski definition) is 2. The number of urea groups is 1. The predicted octanol–water partition coefficient (Wildman–Crippen LogP) is 1.94. The number of carbonyl (C=O) groups is 4. The molecular formula is C21H21N3O5. The third kappa shape index (κ3) is 4.43. The molecule has 1 saturated heterocycles. The van der Waals surface area contributed by atoms with Crippen molar-refractivity contribution in [2.45, 2.75) is 19.4 Å². The minimum absolute atomic E-state index is 0.521. The summed E-state index contributed by atoms with van der Waals surface area (Å²) in [5.74, 6) is -1.94. The van der Waals surface area contributed by atoms with Crippen molar-refractivity contribution in [3.8, 4) is 0 Å². The molecule has 4 amide bonds. The lowest BCUT2D eigenvalue weighted by atomic mass is 9.91. The van der Waals surface area contributed by atoms with E-state index in [-0.39, 0.29) is 0 Å². The summed E-state index contributed by atoms with van der Waals surface area (Å²) >= 11 is 0. The average molecular weight is 395 g/mol. The molecule has 0 radical (unpaired) electrons. The van der Waals surface area contributed by atoms with Gasteiger partial charge in [0.2, 0.25) is 0 Å². The lowest BCUT2D eigenvalue weighted by Crippen LogP contribution is -2.41. The van der Waals surface area contributed by atoms with E-state index >= 15 is 0 Å². The fourth-order valence-electron chi connectivity index (χ4n) is 2.96. The van der Waals surface area contributed by atoms with E-state index in [0.29, 0.717) is 11.3 Å². The van der Waals surface area contributed by atoms with E-state index in [1.807, 2.05) is 19.1 Å². The van der Waals surface area contributed by atoms with Gasteiger partial charge >= 0.3 is 12.0 Å². The molecule has 0 spiro atoms. The van der Waals surface area contributed by atoms with Crippen LogP contribution < -0.4 is 10.6 Å². The molecule has 0 unspecified atom stereocenters. The minimum Gasteiger partial charge on any atom is -0.454 e. The number of esters is 1. The van der Waals surface area contributed by atoms with Gasteiger partial charge < -0.3 is 15.4 Å². The quantitative estimate of drug-likeness (QED) is 0.575. The number of carbonyl (C=O) groups excluding carboxylic acids is 4. The number of rotatable bonds is 6. The smallest absolute Gasteiger partial charge is 0.326 e. The Labute approximate surface area is 167 Å². The standard InChI is InChI=1S/C21H21N3O5/c1-14-8-10-15(11-9-14)21(2)19(27)24(20(28)23-21)12-18(26)29-13-17(25)22-16-6-4-3-5-7-16/h3-11H,12-13H2,1-2H3,(H,22,25)(H,23,28)/t21-/m0/s1. The van der Waals surface area contributed by atoms with Crippen LogP contribution in [0.3, 0.4) is 0 Å². The van der Waals surface area contributed by atoms with Gasteiger partial charge in [-0.2, -0.15) is 0 Å². The highest BCUT2D eigenvalue weighted by Gasteiger charge is 2.49. The second-order valence-corrected chi connectivity index (χ2v) is 6.89. The van der Waals surface area contributed by atoms with Crippen LogP contribution in [0.5, 0.6) is 0 Å². The molecule has 1 aliphatic rings. The monoisotopic (exact) mass is 395 g/mol. The van der Waals surface area contributed by atoms with Crippen molar-refractivity contribution in [3.05, 3.63) is 65.7 Å². The first kappa shape index (κ1) is 20.1. The highest BCUT2D eigenvalue weighted by molar-refractivity contribution is 6.09. The molecule has 0 aromatic heterocycles. The summed E-state index contributed by atoms with van der Waals surface area (Å²) < 4.78 is 4.90. The average Bonchev–Trinajstić information content (AvgIpc) is 2.91. The molecule has 0 saturated carbocycles. The Morgan fingerprint density at radius 2 is 1.72 bits per heavy atom. The molecule has 2 aromatic carbocycles. The van der Waals surface area contributed by atoms with Gasteiger partial charge in [0, 0.05) is 5.69 Å². The number of hydrogen-bond acceptors (Lipinski definition) is 5. The van der Waals surface area contributed by atoms with Crippen LogP contribution in [0.1, 0.15) is 18.1 Å². The first-order valence-corrected chi connectivity index (χ1v) is 9.01. The Morgan fingerprint density at radius 3 is 2.38 bits per heavy atom. The van der Waals surface area contributed by atoms with Crippen molar-refractivity contribution in [2.24, 2.45) is 0 Å². The second kappa shape index (κ2) is 8.14. The molecule has 150 valence electrons. The van der Waals surface area contributed by atoms with Gasteiger partial charge in [-0.3, -0.25) is 19.3 Å². The molecule has 29 heavy (non-hydrogen) atoms. The summed E-state index contributed by atoms with van der Waals surface area (Å²) in [4.78, 5) is 49.8. The normalized spacial score (nSPS) is 18.3. The van der Waals surface area contributed by atoms with Crippen LogP contribution in [0.25, 0.3) is 0 Å². The van der Waals surface area contributed by atoms with Crippen LogP contribution in [-0.2, 0) is 24.7 Å². The molecule has 3 rings (SSSR count). The largest absolute Gasteiger partial charge is 0.454 e. The van der Waals surface area contributed by atoms with Gasteiger partial charge in [0.1, 0.15) is 12.1 Å². The lowest BCUT2D eigenvalue weighted by Gasteiger charge is -2.22. The van der Waals surface area contributed by atoms with Gasteiger partial charge in [-0.25, -0.2) is 4.79 Å². The SMILES string of the molecule is Cc1ccc([C@]2(C)NC(=O)N(CC(=O)OCC(=O)Nc3ccccc3)C2=O)cc1. The van der Waals surface area contributed by atoms with E-state index in [1.54, 1.807) is 49.4 Å². The summed E-state index contributed by atoms with van der Waals surface area (Å²) in [6.45, 7) is 2.39. The summed E-state index contributed by atoms with van der Waals surface area (Å²) in [5.41, 5.74) is 0.926. The van der Waals surface area contributed by atoms with Gasteiger partial charge in [0.05, 0.1) is 0 Å². The van der Waals surface area contributed by atoms with Crippen molar-refractivity contribution >= 4 is 29.5 Å². The number of ether oxygens (including phenoxy) is 1. The fraction of sp³-hybridized carbons (Fsp3) is 0.238. The van der Waals surface area contributed by atoms with E-state index in [9.17, 15) is 19.2 Å². The van der Waals surface area contributed by atoms with Crippen LogP contribution in [0.2, 0.25) is 0 Å². The topological polar surface area (TPSA) is 105 Å². The number of nitrogens with one attached hydrogen (secondary N) is 2. The maximum absolute atomic E-state index is 12.8.